The number of benzene rings is 1. The molecular formula is C26H38. The predicted octanol–water partition coefficient (Wildman–Crippen LogP) is 8.07. The Balaban J connectivity index is 0.00000163. The highest BCUT2D eigenvalue weighted by Crippen LogP contribution is 2.29. The molecule has 2 unspecified atom stereocenters. The first kappa shape index (κ1) is 22.3. The van der Waals surface area contributed by atoms with Gasteiger partial charge in [-0.1, -0.05) is 73.4 Å². The van der Waals surface area contributed by atoms with Crippen LogP contribution in [0, 0.1) is 17.8 Å². The summed E-state index contributed by atoms with van der Waals surface area (Å²) >= 11 is 0. The van der Waals surface area contributed by atoms with Gasteiger partial charge in [0.15, 0.2) is 0 Å². The zero-order valence-electron chi connectivity index (χ0n) is 17.6. The lowest BCUT2D eigenvalue weighted by Gasteiger charge is -2.14. The summed E-state index contributed by atoms with van der Waals surface area (Å²) in [6.45, 7) is 10.6. The fourth-order valence-corrected chi connectivity index (χ4v) is 3.34. The van der Waals surface area contributed by atoms with Crippen molar-refractivity contribution in [3.63, 3.8) is 0 Å². The van der Waals surface area contributed by atoms with Crippen molar-refractivity contribution >= 4 is 0 Å². The van der Waals surface area contributed by atoms with Crippen molar-refractivity contribution in [2.45, 2.75) is 85.5 Å². The van der Waals surface area contributed by atoms with E-state index < -0.39 is 0 Å². The minimum atomic E-state index is 0.442. The van der Waals surface area contributed by atoms with Crippen LogP contribution in [0.5, 0.6) is 0 Å². The van der Waals surface area contributed by atoms with Crippen molar-refractivity contribution in [3.05, 3.63) is 59.2 Å². The highest BCUT2D eigenvalue weighted by Gasteiger charge is 2.15. The van der Waals surface area contributed by atoms with Gasteiger partial charge in [0, 0.05) is 12.3 Å². The summed E-state index contributed by atoms with van der Waals surface area (Å²) in [6.07, 6.45) is 13.3. The third-order valence-corrected chi connectivity index (χ3v) is 4.89. The standard InChI is InChI=1S/C24H32.C2H6/c1-20(2)10-7-11-21(3)12-8-13-22-14-9-17-24(19-18-22)23-15-5-4-6-16-23;1-2/h4-6,10,12,15-16,22,24H,7-8,11,13-14,18-19H2,1-3H3;1-2H3/b21-12+;. The third kappa shape index (κ3) is 9.10. The van der Waals surface area contributed by atoms with Crippen LogP contribution in [-0.4, -0.2) is 0 Å². The summed E-state index contributed by atoms with van der Waals surface area (Å²) in [6, 6.07) is 10.8. The number of allylic oxidation sites excluding steroid dienone is 4. The molecule has 1 aromatic rings. The molecule has 26 heavy (non-hydrogen) atoms. The van der Waals surface area contributed by atoms with Gasteiger partial charge in [-0.2, -0.15) is 0 Å². The Morgan fingerprint density at radius 1 is 1.00 bits per heavy atom. The van der Waals surface area contributed by atoms with E-state index in [4.69, 9.17) is 0 Å². The Kier molecular flexibility index (Phi) is 11.5. The molecule has 2 atom stereocenters. The first-order chi connectivity index (χ1) is 12.6. The zero-order chi connectivity index (χ0) is 19.2. The van der Waals surface area contributed by atoms with E-state index in [1.165, 1.54) is 55.2 Å². The van der Waals surface area contributed by atoms with Gasteiger partial charge in [0.2, 0.25) is 0 Å². The summed E-state index contributed by atoms with van der Waals surface area (Å²) in [5, 5.41) is 0. The molecule has 0 heteroatoms. The van der Waals surface area contributed by atoms with Gasteiger partial charge in [0.25, 0.3) is 0 Å². The van der Waals surface area contributed by atoms with E-state index in [0.29, 0.717) is 5.92 Å². The Hall–Kier alpha value is -1.74. The predicted molar refractivity (Wildman–Crippen MR) is 117 cm³/mol. The van der Waals surface area contributed by atoms with Gasteiger partial charge in [0.1, 0.15) is 0 Å². The quantitative estimate of drug-likeness (QED) is 0.344. The van der Waals surface area contributed by atoms with Crippen LogP contribution in [0.1, 0.15) is 91.0 Å². The van der Waals surface area contributed by atoms with Crippen LogP contribution in [0.2, 0.25) is 0 Å². The maximum Gasteiger partial charge on any atom is 0.0452 e. The van der Waals surface area contributed by atoms with E-state index in [0.717, 1.165) is 12.3 Å². The molecule has 142 valence electrons. The number of hydrogen-bond donors (Lipinski definition) is 0. The first-order valence-corrected chi connectivity index (χ1v) is 10.5. The largest absolute Gasteiger partial charge is 0.102 e. The smallest absolute Gasteiger partial charge is 0.0452 e. The van der Waals surface area contributed by atoms with Gasteiger partial charge in [-0.25, -0.2) is 0 Å². The van der Waals surface area contributed by atoms with E-state index in [-0.39, 0.29) is 0 Å². The van der Waals surface area contributed by atoms with E-state index in [2.05, 4.69) is 75.1 Å². The van der Waals surface area contributed by atoms with Crippen molar-refractivity contribution in [2.75, 3.05) is 0 Å². The maximum atomic E-state index is 3.49. The van der Waals surface area contributed by atoms with Gasteiger partial charge in [-0.05, 0) is 70.8 Å². The molecule has 0 aromatic heterocycles. The molecule has 0 saturated heterocycles. The van der Waals surface area contributed by atoms with Gasteiger partial charge >= 0.3 is 0 Å². The molecule has 1 aromatic carbocycles. The molecule has 0 N–H and O–H groups in total. The summed E-state index contributed by atoms with van der Waals surface area (Å²) in [4.78, 5) is 0. The lowest BCUT2D eigenvalue weighted by atomic mass is 9.90. The van der Waals surface area contributed by atoms with Gasteiger partial charge < -0.3 is 0 Å². The maximum absolute atomic E-state index is 3.49. The molecule has 0 saturated carbocycles. The second kappa shape index (κ2) is 13.5. The number of hydrogen-bond acceptors (Lipinski definition) is 0. The van der Waals surface area contributed by atoms with Crippen LogP contribution in [0.3, 0.4) is 0 Å². The highest BCUT2D eigenvalue weighted by molar-refractivity contribution is 5.28. The van der Waals surface area contributed by atoms with Gasteiger partial charge in [-0.3, -0.25) is 0 Å². The van der Waals surface area contributed by atoms with Crippen LogP contribution < -0.4 is 0 Å². The van der Waals surface area contributed by atoms with Crippen molar-refractivity contribution < 1.29 is 0 Å². The second-order valence-electron chi connectivity index (χ2n) is 7.38. The molecule has 0 radical (unpaired) electrons. The van der Waals surface area contributed by atoms with E-state index in [1.807, 2.05) is 13.8 Å². The normalized spacial score (nSPS) is 19.3. The molecule has 0 aliphatic heterocycles. The summed E-state index contributed by atoms with van der Waals surface area (Å²) in [5.74, 6) is 8.16. The van der Waals surface area contributed by atoms with Gasteiger partial charge in [-0.15, -0.1) is 5.92 Å². The van der Waals surface area contributed by atoms with E-state index in [1.54, 1.807) is 0 Å². The molecule has 0 bridgehead atoms. The molecule has 0 heterocycles. The Morgan fingerprint density at radius 2 is 1.73 bits per heavy atom. The zero-order valence-corrected chi connectivity index (χ0v) is 17.6. The van der Waals surface area contributed by atoms with Crippen molar-refractivity contribution in [3.8, 4) is 11.8 Å². The van der Waals surface area contributed by atoms with Crippen LogP contribution in [0.4, 0.5) is 0 Å². The van der Waals surface area contributed by atoms with Crippen LogP contribution in [0.15, 0.2) is 53.6 Å². The fraction of sp³-hybridized carbons (Fsp3) is 0.538. The number of rotatable bonds is 7. The molecular weight excluding hydrogens is 312 g/mol. The minimum Gasteiger partial charge on any atom is -0.102 e. The fourth-order valence-electron chi connectivity index (χ4n) is 3.34. The lowest BCUT2D eigenvalue weighted by molar-refractivity contribution is 0.448. The van der Waals surface area contributed by atoms with E-state index in [9.17, 15) is 0 Å². The summed E-state index contributed by atoms with van der Waals surface area (Å²) < 4.78 is 0. The molecule has 1 aliphatic carbocycles. The molecule has 2 rings (SSSR count). The first-order valence-electron chi connectivity index (χ1n) is 10.5. The molecule has 0 fully saturated rings. The molecule has 0 spiro atoms. The highest BCUT2D eigenvalue weighted by atomic mass is 14.2. The van der Waals surface area contributed by atoms with E-state index >= 15 is 0 Å². The topological polar surface area (TPSA) is 0 Å². The van der Waals surface area contributed by atoms with Crippen LogP contribution in [0.25, 0.3) is 0 Å². The van der Waals surface area contributed by atoms with Crippen molar-refractivity contribution in [1.82, 2.24) is 0 Å². The Labute approximate surface area is 162 Å². The van der Waals surface area contributed by atoms with Crippen LogP contribution in [-0.2, 0) is 0 Å². The SMILES string of the molecule is CC.CC(C)=CCC/C(C)=C/CCC1CC#CC(c2ccccc2)CC1. The molecule has 0 amide bonds. The van der Waals surface area contributed by atoms with Gasteiger partial charge in [0.05, 0.1) is 0 Å². The molecule has 1 aliphatic rings. The molecule has 0 nitrogen and oxygen atoms in total. The Morgan fingerprint density at radius 3 is 2.42 bits per heavy atom. The minimum absolute atomic E-state index is 0.442. The summed E-state index contributed by atoms with van der Waals surface area (Å²) in [7, 11) is 0. The average molecular weight is 351 g/mol. The van der Waals surface area contributed by atoms with Crippen LogP contribution >= 0.6 is 0 Å². The summed E-state index contributed by atoms with van der Waals surface area (Å²) in [5.41, 5.74) is 4.35. The van der Waals surface area contributed by atoms with Crippen molar-refractivity contribution in [2.24, 2.45) is 5.92 Å². The monoisotopic (exact) mass is 350 g/mol. The second-order valence-corrected chi connectivity index (χ2v) is 7.38. The van der Waals surface area contributed by atoms with Crippen molar-refractivity contribution in [1.29, 1.82) is 0 Å². The third-order valence-electron chi connectivity index (χ3n) is 4.89. The lowest BCUT2D eigenvalue weighted by Crippen LogP contribution is -2.01. The average Bonchev–Trinajstić information content (AvgIpc) is 2.90. The Bertz CT molecular complexity index is 602.